The molecule has 5 heteroatoms. The third-order valence-electron chi connectivity index (χ3n) is 3.20. The van der Waals surface area contributed by atoms with Crippen LogP contribution in [0.25, 0.3) is 0 Å². The first-order valence-electron chi connectivity index (χ1n) is 6.67. The zero-order valence-electron chi connectivity index (χ0n) is 12.4. The smallest absolute Gasteiger partial charge is 0.161 e. The second kappa shape index (κ2) is 6.32. The van der Waals surface area contributed by atoms with Crippen LogP contribution in [0, 0.1) is 6.92 Å². The first-order chi connectivity index (χ1) is 9.67. The molecule has 1 aromatic carbocycles. The number of hydrogen-bond acceptors (Lipinski definition) is 4. The molecule has 0 fully saturated rings. The van der Waals surface area contributed by atoms with Crippen LogP contribution in [-0.2, 0) is 13.1 Å². The summed E-state index contributed by atoms with van der Waals surface area (Å²) in [5, 5.41) is 7.79. The number of benzene rings is 1. The van der Waals surface area contributed by atoms with Crippen molar-refractivity contribution in [1.29, 1.82) is 0 Å². The number of methoxy groups -OCH3 is 2. The zero-order valence-corrected chi connectivity index (χ0v) is 12.4. The van der Waals surface area contributed by atoms with Gasteiger partial charge in [0.25, 0.3) is 0 Å². The minimum absolute atomic E-state index is 0.695. The summed E-state index contributed by atoms with van der Waals surface area (Å²) >= 11 is 0. The van der Waals surface area contributed by atoms with Crippen LogP contribution in [0.2, 0.25) is 0 Å². The molecule has 1 N–H and O–H groups in total. The van der Waals surface area contributed by atoms with E-state index in [4.69, 9.17) is 9.47 Å². The van der Waals surface area contributed by atoms with Crippen LogP contribution >= 0.6 is 0 Å². The number of aryl methyl sites for hydroxylation is 2. The lowest BCUT2D eigenvalue weighted by Gasteiger charge is -2.10. The summed E-state index contributed by atoms with van der Waals surface area (Å²) in [6, 6.07) is 7.93. The van der Waals surface area contributed by atoms with Gasteiger partial charge >= 0.3 is 0 Å². The van der Waals surface area contributed by atoms with E-state index in [0.717, 1.165) is 35.1 Å². The third-order valence-corrected chi connectivity index (χ3v) is 3.20. The summed E-state index contributed by atoms with van der Waals surface area (Å²) in [6.45, 7) is 5.71. The molecule has 0 saturated carbocycles. The second-order valence-corrected chi connectivity index (χ2v) is 4.53. The Morgan fingerprint density at radius 3 is 2.50 bits per heavy atom. The fourth-order valence-electron chi connectivity index (χ4n) is 2.10. The molecule has 1 heterocycles. The molecule has 108 valence electrons. The quantitative estimate of drug-likeness (QED) is 0.880. The molecule has 0 aliphatic heterocycles. The SMILES string of the molecule is CCn1nc(NCc2ccc(OC)c(OC)c2)cc1C. The summed E-state index contributed by atoms with van der Waals surface area (Å²) in [4.78, 5) is 0. The lowest BCUT2D eigenvalue weighted by molar-refractivity contribution is 0.354. The number of hydrogen-bond donors (Lipinski definition) is 1. The fraction of sp³-hybridized carbons (Fsp3) is 0.400. The number of rotatable bonds is 6. The Morgan fingerprint density at radius 2 is 1.90 bits per heavy atom. The predicted octanol–water partition coefficient (Wildman–Crippen LogP) is 2.84. The largest absolute Gasteiger partial charge is 0.493 e. The van der Waals surface area contributed by atoms with Crippen molar-refractivity contribution in [3.63, 3.8) is 0 Å². The van der Waals surface area contributed by atoms with Crippen molar-refractivity contribution in [2.24, 2.45) is 0 Å². The van der Waals surface area contributed by atoms with E-state index < -0.39 is 0 Å². The van der Waals surface area contributed by atoms with Crippen LogP contribution in [-0.4, -0.2) is 24.0 Å². The monoisotopic (exact) mass is 275 g/mol. The van der Waals surface area contributed by atoms with Gasteiger partial charge in [0.2, 0.25) is 0 Å². The molecule has 0 saturated heterocycles. The predicted molar refractivity (Wildman–Crippen MR) is 79.5 cm³/mol. The molecule has 5 nitrogen and oxygen atoms in total. The maximum Gasteiger partial charge on any atom is 0.161 e. The average Bonchev–Trinajstić information content (AvgIpc) is 2.85. The molecule has 20 heavy (non-hydrogen) atoms. The van der Waals surface area contributed by atoms with Gasteiger partial charge in [0, 0.05) is 24.8 Å². The zero-order chi connectivity index (χ0) is 14.5. The van der Waals surface area contributed by atoms with E-state index in [1.807, 2.05) is 28.9 Å². The highest BCUT2D eigenvalue weighted by Gasteiger charge is 2.06. The minimum Gasteiger partial charge on any atom is -0.493 e. The Hall–Kier alpha value is -2.17. The molecule has 0 aliphatic rings. The summed E-state index contributed by atoms with van der Waals surface area (Å²) in [7, 11) is 3.28. The minimum atomic E-state index is 0.695. The third kappa shape index (κ3) is 3.04. The van der Waals surface area contributed by atoms with Crippen molar-refractivity contribution in [3.8, 4) is 11.5 Å². The van der Waals surface area contributed by atoms with Crippen molar-refractivity contribution >= 4 is 5.82 Å². The number of aromatic nitrogens is 2. The Labute approximate surface area is 119 Å². The fourth-order valence-corrected chi connectivity index (χ4v) is 2.10. The van der Waals surface area contributed by atoms with E-state index in [0.29, 0.717) is 6.54 Å². The van der Waals surface area contributed by atoms with Crippen LogP contribution in [0.4, 0.5) is 5.82 Å². The van der Waals surface area contributed by atoms with Gasteiger partial charge in [0.05, 0.1) is 14.2 Å². The van der Waals surface area contributed by atoms with Gasteiger partial charge in [0.1, 0.15) is 5.82 Å². The molecule has 0 atom stereocenters. The van der Waals surface area contributed by atoms with Crippen LogP contribution in [0.1, 0.15) is 18.2 Å². The van der Waals surface area contributed by atoms with Crippen molar-refractivity contribution in [3.05, 3.63) is 35.5 Å². The Bertz CT molecular complexity index is 578. The van der Waals surface area contributed by atoms with E-state index in [1.165, 1.54) is 0 Å². The maximum atomic E-state index is 5.30. The van der Waals surface area contributed by atoms with Gasteiger partial charge in [-0.2, -0.15) is 5.10 Å². The Balaban J connectivity index is 2.06. The van der Waals surface area contributed by atoms with Crippen LogP contribution < -0.4 is 14.8 Å². The van der Waals surface area contributed by atoms with Crippen molar-refractivity contribution in [2.75, 3.05) is 19.5 Å². The number of nitrogens with zero attached hydrogens (tertiary/aromatic N) is 2. The van der Waals surface area contributed by atoms with Crippen molar-refractivity contribution in [1.82, 2.24) is 9.78 Å². The molecule has 2 rings (SSSR count). The van der Waals surface area contributed by atoms with Gasteiger partial charge in [-0.15, -0.1) is 0 Å². The van der Waals surface area contributed by atoms with E-state index in [2.05, 4.69) is 24.3 Å². The van der Waals surface area contributed by atoms with Gasteiger partial charge in [-0.1, -0.05) is 6.07 Å². The molecule has 1 aromatic heterocycles. The molecular weight excluding hydrogens is 254 g/mol. The highest BCUT2D eigenvalue weighted by Crippen LogP contribution is 2.27. The molecule has 2 aromatic rings. The van der Waals surface area contributed by atoms with Crippen LogP contribution in [0.5, 0.6) is 11.5 Å². The van der Waals surface area contributed by atoms with E-state index in [9.17, 15) is 0 Å². The molecular formula is C15H21N3O2. The number of nitrogens with one attached hydrogen (secondary N) is 1. The maximum absolute atomic E-state index is 5.30. The van der Waals surface area contributed by atoms with Gasteiger partial charge in [-0.3, -0.25) is 4.68 Å². The normalized spacial score (nSPS) is 10.4. The molecule has 0 unspecified atom stereocenters. The molecule has 0 spiro atoms. The summed E-state index contributed by atoms with van der Waals surface area (Å²) in [6.07, 6.45) is 0. The summed E-state index contributed by atoms with van der Waals surface area (Å²) in [5.74, 6) is 2.36. The summed E-state index contributed by atoms with van der Waals surface area (Å²) in [5.41, 5.74) is 2.27. The first kappa shape index (κ1) is 14.2. The van der Waals surface area contributed by atoms with Gasteiger partial charge in [0.15, 0.2) is 11.5 Å². The van der Waals surface area contributed by atoms with Gasteiger partial charge in [-0.25, -0.2) is 0 Å². The standard InChI is InChI=1S/C15H21N3O2/c1-5-18-11(2)8-15(17-18)16-10-12-6-7-13(19-3)14(9-12)20-4/h6-9H,5,10H2,1-4H3,(H,16,17). The lowest BCUT2D eigenvalue weighted by atomic mass is 10.2. The van der Waals surface area contributed by atoms with E-state index >= 15 is 0 Å². The Morgan fingerprint density at radius 1 is 1.15 bits per heavy atom. The highest BCUT2D eigenvalue weighted by molar-refractivity contribution is 5.44. The van der Waals surface area contributed by atoms with E-state index in [-0.39, 0.29) is 0 Å². The van der Waals surface area contributed by atoms with Crippen molar-refractivity contribution < 1.29 is 9.47 Å². The topological polar surface area (TPSA) is 48.3 Å². The molecule has 0 amide bonds. The van der Waals surface area contributed by atoms with Crippen LogP contribution in [0.3, 0.4) is 0 Å². The number of anilines is 1. The second-order valence-electron chi connectivity index (χ2n) is 4.53. The highest BCUT2D eigenvalue weighted by atomic mass is 16.5. The summed E-state index contributed by atoms with van der Waals surface area (Å²) < 4.78 is 12.5. The lowest BCUT2D eigenvalue weighted by Crippen LogP contribution is -2.03. The van der Waals surface area contributed by atoms with Crippen LogP contribution in [0.15, 0.2) is 24.3 Å². The van der Waals surface area contributed by atoms with Gasteiger partial charge in [-0.05, 0) is 31.5 Å². The average molecular weight is 275 g/mol. The Kier molecular flexibility index (Phi) is 4.50. The first-order valence-corrected chi connectivity index (χ1v) is 6.67. The molecule has 0 bridgehead atoms. The molecule has 0 aliphatic carbocycles. The molecule has 0 radical (unpaired) electrons. The van der Waals surface area contributed by atoms with E-state index in [1.54, 1.807) is 14.2 Å². The van der Waals surface area contributed by atoms with Crippen molar-refractivity contribution in [2.45, 2.75) is 26.9 Å². The van der Waals surface area contributed by atoms with Gasteiger partial charge < -0.3 is 14.8 Å². The number of ether oxygens (including phenoxy) is 2.